The number of esters is 4. The van der Waals surface area contributed by atoms with Crippen molar-refractivity contribution in [1.29, 1.82) is 0 Å². The van der Waals surface area contributed by atoms with E-state index in [-0.39, 0.29) is 4.48 Å². The SMILES string of the molecule is CC1=C(Br)C(=O)OC1=O.CC1=CC(=O)OC1=O. The second kappa shape index (κ2) is 5.05. The van der Waals surface area contributed by atoms with Gasteiger partial charge in [-0.2, -0.15) is 0 Å². The van der Waals surface area contributed by atoms with Crippen LogP contribution in [0.1, 0.15) is 13.8 Å². The molecule has 0 bridgehead atoms. The Labute approximate surface area is 104 Å². The van der Waals surface area contributed by atoms with Gasteiger partial charge in [0, 0.05) is 11.6 Å². The van der Waals surface area contributed by atoms with Crippen molar-refractivity contribution in [2.24, 2.45) is 0 Å². The van der Waals surface area contributed by atoms with E-state index in [0.29, 0.717) is 11.1 Å². The lowest BCUT2D eigenvalue weighted by molar-refractivity contribution is -0.152. The predicted octanol–water partition coefficient (Wildman–Crippen LogP) is 0.755. The number of ether oxygens (including phenoxy) is 2. The lowest BCUT2D eigenvalue weighted by Gasteiger charge is -1.83. The number of rotatable bonds is 0. The number of cyclic esters (lactones) is 4. The second-order valence-electron chi connectivity index (χ2n) is 3.15. The first-order chi connectivity index (χ1) is 7.82. The summed E-state index contributed by atoms with van der Waals surface area (Å²) < 4.78 is 8.52. The van der Waals surface area contributed by atoms with Gasteiger partial charge in [-0.25, -0.2) is 19.2 Å². The van der Waals surface area contributed by atoms with Crippen LogP contribution in [-0.4, -0.2) is 23.9 Å². The van der Waals surface area contributed by atoms with Gasteiger partial charge in [-0.3, -0.25) is 0 Å². The molecule has 6 nitrogen and oxygen atoms in total. The number of halogens is 1. The molecule has 0 fully saturated rings. The van der Waals surface area contributed by atoms with E-state index >= 15 is 0 Å². The van der Waals surface area contributed by atoms with Gasteiger partial charge in [-0.1, -0.05) is 0 Å². The standard InChI is InChI=1S/C5H3BrO3.C5H4O3/c1-2-3(6)5(8)9-4(2)7;1-3-2-4(6)8-5(3)7/h1H3;2H,1H3. The minimum absolute atomic E-state index is 0.229. The van der Waals surface area contributed by atoms with Gasteiger partial charge in [0.2, 0.25) is 0 Å². The molecule has 0 N–H and O–H groups in total. The van der Waals surface area contributed by atoms with E-state index in [2.05, 4.69) is 25.4 Å². The zero-order valence-electron chi connectivity index (χ0n) is 8.90. The fraction of sp³-hybridized carbons (Fsp3) is 0.200. The zero-order valence-corrected chi connectivity index (χ0v) is 10.5. The highest BCUT2D eigenvalue weighted by Gasteiger charge is 2.27. The summed E-state index contributed by atoms with van der Waals surface area (Å²) in [5.74, 6) is -2.26. The molecule has 17 heavy (non-hydrogen) atoms. The van der Waals surface area contributed by atoms with E-state index in [4.69, 9.17) is 0 Å². The summed E-state index contributed by atoms with van der Waals surface area (Å²) in [4.78, 5) is 41.3. The molecule has 0 radical (unpaired) electrons. The average Bonchev–Trinajstić information content (AvgIpc) is 2.64. The quantitative estimate of drug-likeness (QED) is 0.485. The van der Waals surface area contributed by atoms with Crippen molar-refractivity contribution in [3.63, 3.8) is 0 Å². The van der Waals surface area contributed by atoms with Gasteiger partial charge in [0.05, 0.1) is 5.57 Å². The number of carbonyl (C=O) groups excluding carboxylic acids is 4. The molecule has 0 aliphatic carbocycles. The first kappa shape index (κ1) is 13.3. The zero-order chi connectivity index (χ0) is 13.2. The molecule has 7 heteroatoms. The van der Waals surface area contributed by atoms with Crippen LogP contribution in [0.3, 0.4) is 0 Å². The van der Waals surface area contributed by atoms with E-state index in [9.17, 15) is 19.2 Å². The maximum atomic E-state index is 10.5. The van der Waals surface area contributed by atoms with Gasteiger partial charge in [-0.05, 0) is 29.8 Å². The molecule has 2 rings (SSSR count). The van der Waals surface area contributed by atoms with Crippen molar-refractivity contribution in [3.8, 4) is 0 Å². The van der Waals surface area contributed by atoms with Crippen LogP contribution in [-0.2, 0) is 28.7 Å². The van der Waals surface area contributed by atoms with E-state index in [1.807, 2.05) is 0 Å². The van der Waals surface area contributed by atoms with Crippen LogP contribution in [0.25, 0.3) is 0 Å². The minimum atomic E-state index is -0.600. The molecule has 0 aromatic heterocycles. The molecule has 90 valence electrons. The van der Waals surface area contributed by atoms with E-state index in [1.165, 1.54) is 19.9 Å². The minimum Gasteiger partial charge on any atom is -0.386 e. The largest absolute Gasteiger partial charge is 0.386 e. The first-order valence-electron chi connectivity index (χ1n) is 4.40. The average molecular weight is 303 g/mol. The van der Waals surface area contributed by atoms with Gasteiger partial charge in [0.1, 0.15) is 4.48 Å². The van der Waals surface area contributed by atoms with Crippen molar-refractivity contribution < 1.29 is 28.7 Å². The Balaban J connectivity index is 0.000000171. The Morgan fingerprint density at radius 3 is 1.65 bits per heavy atom. The Hall–Kier alpha value is -1.76. The first-order valence-corrected chi connectivity index (χ1v) is 5.19. The summed E-state index contributed by atoms with van der Waals surface area (Å²) in [7, 11) is 0. The van der Waals surface area contributed by atoms with Gasteiger partial charge < -0.3 is 9.47 Å². The fourth-order valence-corrected chi connectivity index (χ4v) is 1.13. The Kier molecular flexibility index (Phi) is 3.95. The van der Waals surface area contributed by atoms with Gasteiger partial charge in [0.25, 0.3) is 0 Å². The van der Waals surface area contributed by atoms with Crippen LogP contribution >= 0.6 is 15.9 Å². The molecule has 0 saturated carbocycles. The topological polar surface area (TPSA) is 86.7 Å². The van der Waals surface area contributed by atoms with Crippen molar-refractivity contribution in [2.75, 3.05) is 0 Å². The van der Waals surface area contributed by atoms with Crippen LogP contribution in [0.2, 0.25) is 0 Å². The summed E-state index contributed by atoms with van der Waals surface area (Å²) in [5, 5.41) is 0. The monoisotopic (exact) mass is 302 g/mol. The highest BCUT2D eigenvalue weighted by atomic mass is 79.9. The normalized spacial score (nSPS) is 18.6. The van der Waals surface area contributed by atoms with Crippen LogP contribution < -0.4 is 0 Å². The molecular weight excluding hydrogens is 296 g/mol. The molecule has 0 unspecified atom stereocenters. The van der Waals surface area contributed by atoms with Crippen LogP contribution in [0, 0.1) is 0 Å². The number of hydrogen-bond acceptors (Lipinski definition) is 6. The Bertz CT molecular complexity index is 463. The van der Waals surface area contributed by atoms with Crippen molar-refractivity contribution >= 4 is 39.8 Å². The maximum Gasteiger partial charge on any atom is 0.353 e. The van der Waals surface area contributed by atoms with Gasteiger partial charge in [0.15, 0.2) is 0 Å². The fourth-order valence-electron chi connectivity index (χ4n) is 0.885. The number of hydrogen-bond donors (Lipinski definition) is 0. The van der Waals surface area contributed by atoms with E-state index in [1.54, 1.807) is 0 Å². The maximum absolute atomic E-state index is 10.5. The molecule has 0 amide bonds. The van der Waals surface area contributed by atoms with Crippen LogP contribution in [0.5, 0.6) is 0 Å². The van der Waals surface area contributed by atoms with Crippen molar-refractivity contribution in [1.82, 2.24) is 0 Å². The molecule has 2 heterocycles. The molecule has 0 spiro atoms. The van der Waals surface area contributed by atoms with Gasteiger partial charge in [-0.15, -0.1) is 0 Å². The Morgan fingerprint density at radius 1 is 0.941 bits per heavy atom. The highest BCUT2D eigenvalue weighted by molar-refractivity contribution is 9.12. The van der Waals surface area contributed by atoms with E-state index < -0.39 is 23.9 Å². The summed E-state index contributed by atoms with van der Waals surface area (Å²) >= 11 is 2.89. The lowest BCUT2D eigenvalue weighted by atomic mass is 10.3. The summed E-state index contributed by atoms with van der Waals surface area (Å²) in [6.45, 7) is 3.06. The third-order valence-electron chi connectivity index (χ3n) is 1.85. The Morgan fingerprint density at radius 2 is 1.53 bits per heavy atom. The number of carbonyl (C=O) groups is 4. The molecule has 0 saturated heterocycles. The molecule has 0 atom stereocenters. The molecule has 2 aliphatic heterocycles. The van der Waals surface area contributed by atoms with Crippen molar-refractivity contribution in [2.45, 2.75) is 13.8 Å². The predicted molar refractivity (Wildman–Crippen MR) is 57.6 cm³/mol. The van der Waals surface area contributed by atoms with E-state index in [0.717, 1.165) is 0 Å². The third-order valence-corrected chi connectivity index (χ3v) is 2.77. The molecule has 2 aliphatic rings. The summed E-state index contributed by atoms with van der Waals surface area (Å²) in [6.07, 6.45) is 1.17. The van der Waals surface area contributed by atoms with Crippen LogP contribution in [0.15, 0.2) is 21.7 Å². The smallest absolute Gasteiger partial charge is 0.353 e. The van der Waals surface area contributed by atoms with Crippen LogP contribution in [0.4, 0.5) is 0 Å². The third kappa shape index (κ3) is 3.10. The molecule has 0 aromatic rings. The highest BCUT2D eigenvalue weighted by Crippen LogP contribution is 2.21. The second-order valence-corrected chi connectivity index (χ2v) is 3.94. The van der Waals surface area contributed by atoms with Crippen molar-refractivity contribution in [3.05, 3.63) is 21.7 Å². The lowest BCUT2D eigenvalue weighted by Crippen LogP contribution is -2.00. The summed E-state index contributed by atoms with van der Waals surface area (Å²) in [5.41, 5.74) is 0.704. The summed E-state index contributed by atoms with van der Waals surface area (Å²) in [6, 6.07) is 0. The van der Waals surface area contributed by atoms with Gasteiger partial charge >= 0.3 is 23.9 Å². The molecule has 0 aromatic carbocycles. The molecular formula is C10H7BrO6.